The molecule has 1 amide bonds. The first-order valence-electron chi connectivity index (χ1n) is 8.27. The van der Waals surface area contributed by atoms with E-state index in [-0.39, 0.29) is 17.6 Å². The Labute approximate surface area is 140 Å². The fraction of sp³-hybridized carbons (Fsp3) is 0.250. The van der Waals surface area contributed by atoms with E-state index in [2.05, 4.69) is 10.3 Å². The molecule has 0 bridgehead atoms. The number of benzene rings is 2. The predicted molar refractivity (Wildman–Crippen MR) is 94.5 cm³/mol. The van der Waals surface area contributed by atoms with Crippen molar-refractivity contribution >= 4 is 16.8 Å². The van der Waals surface area contributed by atoms with Gasteiger partial charge in [0.25, 0.3) is 0 Å². The van der Waals surface area contributed by atoms with Crippen molar-refractivity contribution in [2.24, 2.45) is 0 Å². The van der Waals surface area contributed by atoms with Gasteiger partial charge in [0.05, 0.1) is 0 Å². The normalized spacial score (nSPS) is 12.2. The largest absolute Gasteiger partial charge is 0.361 e. The van der Waals surface area contributed by atoms with E-state index in [1.54, 1.807) is 12.1 Å². The van der Waals surface area contributed by atoms with Gasteiger partial charge in [-0.15, -0.1) is 0 Å². The quantitative estimate of drug-likeness (QED) is 0.695. The fourth-order valence-corrected chi connectivity index (χ4v) is 3.01. The molecule has 1 atom stereocenters. The average molecular weight is 324 g/mol. The zero-order chi connectivity index (χ0) is 16.9. The Morgan fingerprint density at radius 1 is 1.17 bits per heavy atom. The van der Waals surface area contributed by atoms with Gasteiger partial charge in [0.15, 0.2) is 0 Å². The lowest BCUT2D eigenvalue weighted by Crippen LogP contribution is -2.26. The molecule has 24 heavy (non-hydrogen) atoms. The molecule has 4 heteroatoms. The summed E-state index contributed by atoms with van der Waals surface area (Å²) in [5.74, 6) is -0.373. The first kappa shape index (κ1) is 16.2. The number of fused-ring (bicyclic) bond motifs is 1. The van der Waals surface area contributed by atoms with Crippen LogP contribution in [0.2, 0.25) is 0 Å². The molecule has 2 aromatic carbocycles. The molecule has 0 aliphatic heterocycles. The first-order valence-corrected chi connectivity index (χ1v) is 8.27. The van der Waals surface area contributed by atoms with Crippen LogP contribution in [0.3, 0.4) is 0 Å². The maximum Gasteiger partial charge on any atom is 0.220 e. The van der Waals surface area contributed by atoms with Crippen LogP contribution in [0.4, 0.5) is 4.39 Å². The molecule has 0 radical (unpaired) electrons. The van der Waals surface area contributed by atoms with E-state index in [1.165, 1.54) is 12.1 Å². The standard InChI is InChI=1S/C20H21FN2O/c1-2-11-22-20(24)12-17(14-7-9-15(21)10-8-14)18-13-23-19-6-4-3-5-16(18)19/h3-10,13,17,23H,2,11-12H2,1H3,(H,22,24)/t17-/m0/s1. The number of carbonyl (C=O) groups is 1. The van der Waals surface area contributed by atoms with Crippen LogP contribution in [-0.2, 0) is 4.79 Å². The highest BCUT2D eigenvalue weighted by molar-refractivity contribution is 5.86. The Bertz CT molecular complexity index is 823. The molecular formula is C20H21FN2O. The highest BCUT2D eigenvalue weighted by atomic mass is 19.1. The molecule has 0 fully saturated rings. The number of aromatic nitrogens is 1. The van der Waals surface area contributed by atoms with Gasteiger partial charge in [-0.3, -0.25) is 4.79 Å². The summed E-state index contributed by atoms with van der Waals surface area (Å²) >= 11 is 0. The van der Waals surface area contributed by atoms with Crippen LogP contribution >= 0.6 is 0 Å². The molecule has 0 aliphatic rings. The number of rotatable bonds is 6. The van der Waals surface area contributed by atoms with Gasteiger partial charge in [-0.2, -0.15) is 0 Å². The van der Waals surface area contributed by atoms with Gasteiger partial charge in [-0.25, -0.2) is 4.39 Å². The number of hydrogen-bond acceptors (Lipinski definition) is 1. The van der Waals surface area contributed by atoms with Crippen LogP contribution in [0, 0.1) is 5.82 Å². The number of carbonyl (C=O) groups excluding carboxylic acids is 1. The van der Waals surface area contributed by atoms with Crippen molar-refractivity contribution in [2.45, 2.75) is 25.7 Å². The van der Waals surface area contributed by atoms with Gasteiger partial charge in [0.2, 0.25) is 5.91 Å². The van der Waals surface area contributed by atoms with E-state index in [1.807, 2.05) is 37.4 Å². The molecule has 0 spiro atoms. The Hall–Kier alpha value is -2.62. The van der Waals surface area contributed by atoms with Gasteiger partial charge in [0, 0.05) is 36.0 Å². The van der Waals surface area contributed by atoms with Crippen LogP contribution < -0.4 is 5.32 Å². The van der Waals surface area contributed by atoms with Crippen molar-refractivity contribution in [1.29, 1.82) is 0 Å². The summed E-state index contributed by atoms with van der Waals surface area (Å²) in [6, 6.07) is 14.4. The number of H-pyrrole nitrogens is 1. The minimum Gasteiger partial charge on any atom is -0.361 e. The number of halogens is 1. The van der Waals surface area contributed by atoms with E-state index in [0.29, 0.717) is 13.0 Å². The average Bonchev–Trinajstić information content (AvgIpc) is 3.03. The monoisotopic (exact) mass is 324 g/mol. The SMILES string of the molecule is CCCNC(=O)C[C@@H](c1ccc(F)cc1)c1c[nH]c2ccccc12. The van der Waals surface area contributed by atoms with E-state index in [9.17, 15) is 9.18 Å². The second-order valence-electron chi connectivity index (χ2n) is 5.95. The summed E-state index contributed by atoms with van der Waals surface area (Å²) < 4.78 is 13.3. The molecule has 1 aromatic heterocycles. The van der Waals surface area contributed by atoms with Gasteiger partial charge in [-0.05, 0) is 35.7 Å². The van der Waals surface area contributed by atoms with Crippen LogP contribution in [0.5, 0.6) is 0 Å². The molecule has 124 valence electrons. The van der Waals surface area contributed by atoms with E-state index in [0.717, 1.165) is 28.5 Å². The lowest BCUT2D eigenvalue weighted by atomic mass is 9.88. The minimum atomic E-state index is -0.271. The summed E-state index contributed by atoms with van der Waals surface area (Å²) in [5.41, 5.74) is 3.03. The van der Waals surface area contributed by atoms with Crippen molar-refractivity contribution in [1.82, 2.24) is 10.3 Å². The molecule has 0 saturated carbocycles. The highest BCUT2D eigenvalue weighted by Crippen LogP contribution is 2.33. The second kappa shape index (κ2) is 7.30. The Kier molecular flexibility index (Phi) is 4.94. The Morgan fingerprint density at radius 2 is 1.92 bits per heavy atom. The number of para-hydroxylation sites is 1. The van der Waals surface area contributed by atoms with Crippen molar-refractivity contribution in [3.8, 4) is 0 Å². The van der Waals surface area contributed by atoms with Crippen molar-refractivity contribution < 1.29 is 9.18 Å². The summed E-state index contributed by atoms with van der Waals surface area (Å²) in [4.78, 5) is 15.5. The third kappa shape index (κ3) is 3.48. The van der Waals surface area contributed by atoms with E-state index in [4.69, 9.17) is 0 Å². The van der Waals surface area contributed by atoms with Crippen LogP contribution in [0.1, 0.15) is 36.8 Å². The Balaban J connectivity index is 1.98. The van der Waals surface area contributed by atoms with Crippen LogP contribution in [-0.4, -0.2) is 17.4 Å². The maximum absolute atomic E-state index is 13.3. The predicted octanol–water partition coefficient (Wildman–Crippen LogP) is 4.36. The van der Waals surface area contributed by atoms with Gasteiger partial charge in [0.1, 0.15) is 5.82 Å². The smallest absolute Gasteiger partial charge is 0.220 e. The molecule has 3 aromatic rings. The van der Waals surface area contributed by atoms with Crippen molar-refractivity contribution in [3.05, 3.63) is 71.7 Å². The topological polar surface area (TPSA) is 44.9 Å². The fourth-order valence-electron chi connectivity index (χ4n) is 3.01. The van der Waals surface area contributed by atoms with Gasteiger partial charge < -0.3 is 10.3 Å². The third-order valence-corrected chi connectivity index (χ3v) is 4.23. The summed E-state index contributed by atoms with van der Waals surface area (Å²) in [6.07, 6.45) is 3.19. The summed E-state index contributed by atoms with van der Waals surface area (Å²) in [7, 11) is 0. The van der Waals surface area contributed by atoms with Crippen molar-refractivity contribution in [2.75, 3.05) is 6.54 Å². The molecule has 3 nitrogen and oxygen atoms in total. The minimum absolute atomic E-state index is 0.0106. The number of hydrogen-bond donors (Lipinski definition) is 2. The Morgan fingerprint density at radius 3 is 2.67 bits per heavy atom. The summed E-state index contributed by atoms with van der Waals surface area (Å²) in [5, 5.41) is 4.02. The third-order valence-electron chi connectivity index (χ3n) is 4.23. The molecule has 0 unspecified atom stereocenters. The number of aromatic amines is 1. The zero-order valence-corrected chi connectivity index (χ0v) is 13.7. The van der Waals surface area contributed by atoms with Gasteiger partial charge >= 0.3 is 0 Å². The van der Waals surface area contributed by atoms with E-state index < -0.39 is 0 Å². The molecule has 3 rings (SSSR count). The molecule has 2 N–H and O–H groups in total. The molecule has 1 heterocycles. The number of nitrogens with one attached hydrogen (secondary N) is 2. The summed E-state index contributed by atoms with van der Waals surface area (Å²) in [6.45, 7) is 2.69. The lowest BCUT2D eigenvalue weighted by Gasteiger charge is -2.17. The van der Waals surface area contributed by atoms with E-state index >= 15 is 0 Å². The second-order valence-corrected chi connectivity index (χ2v) is 5.95. The van der Waals surface area contributed by atoms with Crippen molar-refractivity contribution in [3.63, 3.8) is 0 Å². The van der Waals surface area contributed by atoms with Gasteiger partial charge in [-0.1, -0.05) is 37.3 Å². The molecular weight excluding hydrogens is 303 g/mol. The highest BCUT2D eigenvalue weighted by Gasteiger charge is 2.21. The molecule has 0 aliphatic carbocycles. The van der Waals surface area contributed by atoms with Crippen LogP contribution in [0.25, 0.3) is 10.9 Å². The lowest BCUT2D eigenvalue weighted by molar-refractivity contribution is -0.121. The van der Waals surface area contributed by atoms with Crippen LogP contribution in [0.15, 0.2) is 54.7 Å². The molecule has 0 saturated heterocycles. The maximum atomic E-state index is 13.3. The first-order chi connectivity index (χ1) is 11.7. The zero-order valence-electron chi connectivity index (χ0n) is 13.7. The number of amides is 1.